The standard InChI is InChI=1S/C14H18N2O5/c17-13-4-2-1-3-10(13)8-15-11-7-9(14(18)19)5-6-12(11)16(20)21/h5-7,10,13,15,17H,1-4,8H2,(H,18,19). The summed E-state index contributed by atoms with van der Waals surface area (Å²) in [6.07, 6.45) is 3.21. The number of nitrogens with zero attached hydrogens (tertiary/aromatic N) is 1. The average molecular weight is 294 g/mol. The molecule has 1 saturated carbocycles. The van der Waals surface area contributed by atoms with Crippen LogP contribution in [-0.2, 0) is 0 Å². The smallest absolute Gasteiger partial charge is 0.335 e. The number of benzene rings is 1. The number of carboxylic acids is 1. The molecule has 0 amide bonds. The predicted molar refractivity (Wildman–Crippen MR) is 76.5 cm³/mol. The van der Waals surface area contributed by atoms with Gasteiger partial charge in [-0.15, -0.1) is 0 Å². The lowest BCUT2D eigenvalue weighted by Crippen LogP contribution is -2.30. The van der Waals surface area contributed by atoms with Gasteiger partial charge >= 0.3 is 5.97 Å². The minimum Gasteiger partial charge on any atom is -0.478 e. The van der Waals surface area contributed by atoms with Gasteiger partial charge < -0.3 is 15.5 Å². The second-order valence-electron chi connectivity index (χ2n) is 5.29. The number of nitro benzene ring substituents is 1. The zero-order valence-electron chi connectivity index (χ0n) is 11.5. The van der Waals surface area contributed by atoms with Crippen molar-refractivity contribution in [2.45, 2.75) is 31.8 Å². The molecule has 3 N–H and O–H groups in total. The lowest BCUT2D eigenvalue weighted by molar-refractivity contribution is -0.384. The van der Waals surface area contributed by atoms with Crippen LogP contribution in [0.2, 0.25) is 0 Å². The van der Waals surface area contributed by atoms with Crippen LogP contribution in [0.1, 0.15) is 36.0 Å². The molecule has 1 aliphatic carbocycles. The number of hydrogen-bond donors (Lipinski definition) is 3. The molecule has 1 aromatic carbocycles. The van der Waals surface area contributed by atoms with E-state index < -0.39 is 17.0 Å². The van der Waals surface area contributed by atoms with Gasteiger partial charge in [-0.1, -0.05) is 12.8 Å². The van der Waals surface area contributed by atoms with Gasteiger partial charge in [-0.2, -0.15) is 0 Å². The third-order valence-corrected chi connectivity index (χ3v) is 3.86. The highest BCUT2D eigenvalue weighted by atomic mass is 16.6. The Morgan fingerprint density at radius 3 is 2.71 bits per heavy atom. The summed E-state index contributed by atoms with van der Waals surface area (Å²) in [6, 6.07) is 3.65. The van der Waals surface area contributed by atoms with E-state index in [0.29, 0.717) is 6.54 Å². The van der Waals surface area contributed by atoms with Gasteiger partial charge in [0.25, 0.3) is 5.69 Å². The van der Waals surface area contributed by atoms with Crippen LogP contribution in [0.15, 0.2) is 18.2 Å². The number of aromatic carboxylic acids is 1. The third kappa shape index (κ3) is 3.69. The van der Waals surface area contributed by atoms with E-state index in [0.717, 1.165) is 25.7 Å². The van der Waals surface area contributed by atoms with Crippen molar-refractivity contribution in [3.63, 3.8) is 0 Å². The zero-order chi connectivity index (χ0) is 15.4. The van der Waals surface area contributed by atoms with Gasteiger partial charge in [-0.25, -0.2) is 4.79 Å². The Labute approximate surface area is 121 Å². The Morgan fingerprint density at radius 2 is 2.10 bits per heavy atom. The van der Waals surface area contributed by atoms with Crippen LogP contribution in [0, 0.1) is 16.0 Å². The van der Waals surface area contributed by atoms with E-state index in [1.807, 2.05) is 0 Å². The lowest BCUT2D eigenvalue weighted by Gasteiger charge is -2.27. The van der Waals surface area contributed by atoms with Crippen molar-refractivity contribution < 1.29 is 19.9 Å². The first kappa shape index (κ1) is 15.2. The largest absolute Gasteiger partial charge is 0.478 e. The monoisotopic (exact) mass is 294 g/mol. The number of anilines is 1. The lowest BCUT2D eigenvalue weighted by atomic mass is 9.86. The van der Waals surface area contributed by atoms with Crippen molar-refractivity contribution in [2.24, 2.45) is 5.92 Å². The molecule has 0 radical (unpaired) electrons. The molecule has 2 unspecified atom stereocenters. The Morgan fingerprint density at radius 1 is 1.38 bits per heavy atom. The topological polar surface area (TPSA) is 113 Å². The highest BCUT2D eigenvalue weighted by Gasteiger charge is 2.24. The summed E-state index contributed by atoms with van der Waals surface area (Å²) >= 11 is 0. The zero-order valence-corrected chi connectivity index (χ0v) is 11.5. The van der Waals surface area contributed by atoms with Crippen molar-refractivity contribution in [3.05, 3.63) is 33.9 Å². The van der Waals surface area contributed by atoms with Crippen molar-refractivity contribution in [1.29, 1.82) is 0 Å². The van der Waals surface area contributed by atoms with Crippen LogP contribution in [0.4, 0.5) is 11.4 Å². The first-order valence-electron chi connectivity index (χ1n) is 6.92. The summed E-state index contributed by atoms with van der Waals surface area (Å²) in [5.41, 5.74) is 0.00950. The molecule has 1 aliphatic rings. The van der Waals surface area contributed by atoms with Gasteiger partial charge in [0.15, 0.2) is 0 Å². The van der Waals surface area contributed by atoms with E-state index >= 15 is 0 Å². The van der Waals surface area contributed by atoms with Gasteiger partial charge in [0.05, 0.1) is 16.6 Å². The van der Waals surface area contributed by atoms with Crippen molar-refractivity contribution >= 4 is 17.3 Å². The minimum atomic E-state index is -1.13. The molecular formula is C14H18N2O5. The molecule has 0 saturated heterocycles. The summed E-state index contributed by atoms with van der Waals surface area (Å²) in [5, 5.41) is 32.8. The molecule has 1 aromatic rings. The molecule has 7 heteroatoms. The number of hydrogen-bond acceptors (Lipinski definition) is 5. The van der Waals surface area contributed by atoms with Crippen molar-refractivity contribution in [3.8, 4) is 0 Å². The summed E-state index contributed by atoms with van der Waals surface area (Å²) in [4.78, 5) is 21.4. The van der Waals surface area contributed by atoms with E-state index in [4.69, 9.17) is 5.11 Å². The molecule has 0 bridgehead atoms. The maximum absolute atomic E-state index is 11.0. The van der Waals surface area contributed by atoms with Crippen molar-refractivity contribution in [1.82, 2.24) is 0 Å². The molecule has 0 aliphatic heterocycles. The summed E-state index contributed by atoms with van der Waals surface area (Å²) < 4.78 is 0. The van der Waals surface area contributed by atoms with Crippen LogP contribution >= 0.6 is 0 Å². The van der Waals surface area contributed by atoms with Crippen LogP contribution in [0.25, 0.3) is 0 Å². The first-order chi connectivity index (χ1) is 9.99. The summed E-state index contributed by atoms with van der Waals surface area (Å²) in [7, 11) is 0. The number of nitro groups is 1. The molecule has 0 spiro atoms. The molecule has 1 fully saturated rings. The van der Waals surface area contributed by atoms with E-state index in [1.165, 1.54) is 18.2 Å². The van der Waals surface area contributed by atoms with Crippen LogP contribution < -0.4 is 5.32 Å². The Balaban J connectivity index is 2.14. The quantitative estimate of drug-likeness (QED) is 0.567. The van der Waals surface area contributed by atoms with Gasteiger partial charge in [0.2, 0.25) is 0 Å². The maximum atomic E-state index is 11.0. The SMILES string of the molecule is O=C(O)c1ccc([N+](=O)[O-])c(NCC2CCCCC2O)c1. The number of carbonyl (C=O) groups is 1. The molecule has 114 valence electrons. The van der Waals surface area contributed by atoms with Crippen LogP contribution in [0.3, 0.4) is 0 Å². The van der Waals surface area contributed by atoms with E-state index in [-0.39, 0.29) is 22.9 Å². The van der Waals surface area contributed by atoms with Crippen LogP contribution in [0.5, 0.6) is 0 Å². The fourth-order valence-corrected chi connectivity index (χ4v) is 2.64. The Hall–Kier alpha value is -2.15. The molecular weight excluding hydrogens is 276 g/mol. The molecule has 2 rings (SSSR count). The number of rotatable bonds is 5. The highest BCUT2D eigenvalue weighted by Crippen LogP contribution is 2.28. The number of carboxylic acid groups (broad SMARTS) is 1. The highest BCUT2D eigenvalue weighted by molar-refractivity contribution is 5.90. The van der Waals surface area contributed by atoms with E-state index in [1.54, 1.807) is 0 Å². The fraction of sp³-hybridized carbons (Fsp3) is 0.500. The van der Waals surface area contributed by atoms with Gasteiger partial charge in [-0.3, -0.25) is 10.1 Å². The van der Waals surface area contributed by atoms with Crippen molar-refractivity contribution in [2.75, 3.05) is 11.9 Å². The molecule has 0 aromatic heterocycles. The maximum Gasteiger partial charge on any atom is 0.335 e. The number of aliphatic hydroxyl groups is 1. The average Bonchev–Trinajstić information content (AvgIpc) is 2.46. The summed E-state index contributed by atoms with van der Waals surface area (Å²) in [6.45, 7) is 0.394. The fourth-order valence-electron chi connectivity index (χ4n) is 2.64. The van der Waals surface area contributed by atoms with Gasteiger partial charge in [-0.05, 0) is 25.0 Å². The second kappa shape index (κ2) is 6.53. The molecule has 7 nitrogen and oxygen atoms in total. The summed E-state index contributed by atoms with van der Waals surface area (Å²) in [5.74, 6) is -1.10. The normalized spacial score (nSPS) is 21.8. The first-order valence-corrected chi connectivity index (χ1v) is 6.92. The third-order valence-electron chi connectivity index (χ3n) is 3.86. The van der Waals surface area contributed by atoms with Gasteiger partial charge in [0.1, 0.15) is 5.69 Å². The van der Waals surface area contributed by atoms with E-state index in [9.17, 15) is 20.0 Å². The molecule has 0 heterocycles. The predicted octanol–water partition coefficient (Wildman–Crippen LogP) is 2.26. The Kier molecular flexibility index (Phi) is 4.74. The van der Waals surface area contributed by atoms with Gasteiger partial charge in [0, 0.05) is 18.5 Å². The second-order valence-corrected chi connectivity index (χ2v) is 5.29. The molecule has 21 heavy (non-hydrogen) atoms. The minimum absolute atomic E-state index is 0.00714. The number of nitrogens with one attached hydrogen (secondary N) is 1. The molecule has 2 atom stereocenters. The Bertz CT molecular complexity index is 546. The van der Waals surface area contributed by atoms with Crippen LogP contribution in [-0.4, -0.2) is 33.8 Å². The number of aliphatic hydroxyl groups excluding tert-OH is 1. The van der Waals surface area contributed by atoms with E-state index in [2.05, 4.69) is 5.32 Å².